The van der Waals surface area contributed by atoms with Crippen molar-refractivity contribution in [2.45, 2.75) is 6.92 Å². The summed E-state index contributed by atoms with van der Waals surface area (Å²) in [5.74, 6) is -1.34. The second kappa shape index (κ2) is 5.07. The summed E-state index contributed by atoms with van der Waals surface area (Å²) in [6.45, 7) is 1.37. The topological polar surface area (TPSA) is 77.5 Å². The smallest absolute Gasteiger partial charge is 0.252 e. The summed E-state index contributed by atoms with van der Waals surface area (Å²) in [5.41, 5.74) is 6.92. The number of carbonyl (C=O) groups excluding carboxylic acids is 2. The van der Waals surface area contributed by atoms with Gasteiger partial charge in [-0.15, -0.1) is 0 Å². The Kier molecular flexibility index (Phi) is 3.21. The molecule has 3 aromatic rings. The summed E-state index contributed by atoms with van der Waals surface area (Å²) in [6, 6.07) is 9.01. The van der Waals surface area contributed by atoms with Gasteiger partial charge in [-0.3, -0.25) is 14.0 Å². The fourth-order valence-electron chi connectivity index (χ4n) is 2.42. The molecule has 0 unspecified atom stereocenters. The zero-order valence-electron chi connectivity index (χ0n) is 11.7. The lowest BCUT2D eigenvalue weighted by Gasteiger charge is -2.05. The predicted molar refractivity (Wildman–Crippen MR) is 79.1 cm³/mol. The quantitative estimate of drug-likeness (QED) is 0.754. The SMILES string of the molecule is CC(=O)c1nc2c(C(N)=O)cccn2c1-c1cccc(F)c1. The van der Waals surface area contributed by atoms with Crippen molar-refractivity contribution in [1.82, 2.24) is 9.38 Å². The fraction of sp³-hybridized carbons (Fsp3) is 0.0625. The number of nitrogens with zero attached hydrogens (tertiary/aromatic N) is 2. The van der Waals surface area contributed by atoms with Crippen LogP contribution in [0.3, 0.4) is 0 Å². The molecule has 1 amide bonds. The zero-order chi connectivity index (χ0) is 15.9. The van der Waals surface area contributed by atoms with Crippen LogP contribution in [0.2, 0.25) is 0 Å². The molecule has 1 aromatic carbocycles. The summed E-state index contributed by atoms with van der Waals surface area (Å²) >= 11 is 0. The van der Waals surface area contributed by atoms with Crippen molar-refractivity contribution in [3.05, 3.63) is 59.7 Å². The Hall–Kier alpha value is -3.02. The number of nitrogens with two attached hydrogens (primary N) is 1. The van der Waals surface area contributed by atoms with Crippen LogP contribution in [0.4, 0.5) is 4.39 Å². The first-order valence-corrected chi connectivity index (χ1v) is 6.57. The van der Waals surface area contributed by atoms with Gasteiger partial charge >= 0.3 is 0 Å². The number of Topliss-reactive ketones (excluding diaryl/α,β-unsaturated/α-hetero) is 1. The molecule has 0 aliphatic carbocycles. The average Bonchev–Trinajstić information content (AvgIpc) is 2.86. The molecule has 0 aliphatic heterocycles. The third-order valence-electron chi connectivity index (χ3n) is 3.35. The van der Waals surface area contributed by atoms with E-state index < -0.39 is 11.7 Å². The van der Waals surface area contributed by atoms with Crippen molar-refractivity contribution < 1.29 is 14.0 Å². The highest BCUT2D eigenvalue weighted by Gasteiger charge is 2.20. The predicted octanol–water partition coefficient (Wildman–Crippen LogP) is 2.44. The number of pyridine rings is 1. The maximum Gasteiger partial charge on any atom is 0.252 e. The van der Waals surface area contributed by atoms with Crippen LogP contribution in [0.15, 0.2) is 42.6 Å². The van der Waals surface area contributed by atoms with E-state index in [9.17, 15) is 14.0 Å². The minimum absolute atomic E-state index is 0.166. The van der Waals surface area contributed by atoms with Gasteiger partial charge in [-0.1, -0.05) is 12.1 Å². The second-order valence-electron chi connectivity index (χ2n) is 4.86. The van der Waals surface area contributed by atoms with E-state index in [1.165, 1.54) is 25.1 Å². The molecule has 0 spiro atoms. The highest BCUT2D eigenvalue weighted by molar-refractivity contribution is 6.03. The van der Waals surface area contributed by atoms with E-state index in [-0.39, 0.29) is 22.7 Å². The van der Waals surface area contributed by atoms with Crippen LogP contribution in [-0.4, -0.2) is 21.1 Å². The summed E-state index contributed by atoms with van der Waals surface area (Å²) in [7, 11) is 0. The van der Waals surface area contributed by atoms with E-state index in [0.29, 0.717) is 11.3 Å². The monoisotopic (exact) mass is 297 g/mol. The highest BCUT2D eigenvalue weighted by atomic mass is 19.1. The van der Waals surface area contributed by atoms with Crippen LogP contribution in [0.1, 0.15) is 27.8 Å². The first kappa shape index (κ1) is 13.9. The van der Waals surface area contributed by atoms with Gasteiger partial charge in [0.25, 0.3) is 5.91 Å². The minimum Gasteiger partial charge on any atom is -0.365 e. The van der Waals surface area contributed by atoms with Gasteiger partial charge in [-0.05, 0) is 24.3 Å². The summed E-state index contributed by atoms with van der Waals surface area (Å²) in [6.07, 6.45) is 1.65. The molecule has 22 heavy (non-hydrogen) atoms. The lowest BCUT2D eigenvalue weighted by atomic mass is 10.1. The number of ketones is 1. The second-order valence-corrected chi connectivity index (χ2v) is 4.86. The van der Waals surface area contributed by atoms with Crippen molar-refractivity contribution in [2.75, 3.05) is 0 Å². The molecule has 110 valence electrons. The number of aromatic nitrogens is 2. The minimum atomic E-state index is -0.642. The molecule has 0 radical (unpaired) electrons. The number of halogens is 1. The number of hydrogen-bond acceptors (Lipinski definition) is 3. The van der Waals surface area contributed by atoms with Gasteiger partial charge in [0.1, 0.15) is 11.5 Å². The van der Waals surface area contributed by atoms with Gasteiger partial charge < -0.3 is 5.73 Å². The normalized spacial score (nSPS) is 10.8. The van der Waals surface area contributed by atoms with Gasteiger partial charge in [0.05, 0.1) is 11.3 Å². The number of fused-ring (bicyclic) bond motifs is 1. The standard InChI is InChI=1S/C16H12FN3O2/c1-9(21)13-14(10-4-2-5-11(17)8-10)20-7-3-6-12(15(18)22)16(20)19-13/h2-8H,1H3,(H2,18,22). The van der Waals surface area contributed by atoms with Crippen molar-refractivity contribution in [3.8, 4) is 11.3 Å². The number of hydrogen-bond donors (Lipinski definition) is 1. The zero-order valence-corrected chi connectivity index (χ0v) is 11.7. The van der Waals surface area contributed by atoms with Crippen LogP contribution in [0, 0.1) is 5.82 Å². The highest BCUT2D eigenvalue weighted by Crippen LogP contribution is 2.27. The van der Waals surface area contributed by atoms with Crippen molar-refractivity contribution in [2.24, 2.45) is 5.73 Å². The van der Waals surface area contributed by atoms with Gasteiger partial charge in [0.2, 0.25) is 0 Å². The molecule has 5 nitrogen and oxygen atoms in total. The summed E-state index contributed by atoms with van der Waals surface area (Å²) < 4.78 is 15.1. The first-order valence-electron chi connectivity index (χ1n) is 6.57. The first-order chi connectivity index (χ1) is 10.5. The Bertz CT molecular complexity index is 915. The molecule has 6 heteroatoms. The maximum absolute atomic E-state index is 13.5. The van der Waals surface area contributed by atoms with E-state index in [0.717, 1.165) is 0 Å². The van der Waals surface area contributed by atoms with Crippen LogP contribution in [-0.2, 0) is 0 Å². The molecule has 0 bridgehead atoms. The number of imidazole rings is 1. The molecule has 0 atom stereocenters. The van der Waals surface area contributed by atoms with Crippen molar-refractivity contribution in [1.29, 1.82) is 0 Å². The number of primary amides is 1. The third kappa shape index (κ3) is 2.14. The van der Waals surface area contributed by atoms with Crippen LogP contribution < -0.4 is 5.73 Å². The number of carbonyl (C=O) groups is 2. The number of benzene rings is 1. The average molecular weight is 297 g/mol. The Morgan fingerprint density at radius 3 is 2.64 bits per heavy atom. The summed E-state index contributed by atoms with van der Waals surface area (Å²) in [5, 5.41) is 0. The fourth-order valence-corrected chi connectivity index (χ4v) is 2.42. The molecular weight excluding hydrogens is 285 g/mol. The van der Waals surface area contributed by atoms with Crippen molar-refractivity contribution in [3.63, 3.8) is 0 Å². The van der Waals surface area contributed by atoms with E-state index in [4.69, 9.17) is 5.73 Å². The molecule has 2 aromatic heterocycles. The van der Waals surface area contributed by atoms with Crippen LogP contribution >= 0.6 is 0 Å². The lowest BCUT2D eigenvalue weighted by Crippen LogP contribution is -2.12. The molecule has 2 heterocycles. The van der Waals surface area contributed by atoms with Crippen molar-refractivity contribution >= 4 is 17.3 Å². The Morgan fingerprint density at radius 2 is 2.00 bits per heavy atom. The molecule has 2 N–H and O–H groups in total. The van der Waals surface area contributed by atoms with E-state index in [1.807, 2.05) is 0 Å². The largest absolute Gasteiger partial charge is 0.365 e. The van der Waals surface area contributed by atoms with Gasteiger partial charge in [0, 0.05) is 18.7 Å². The molecule has 0 fully saturated rings. The Balaban J connectivity index is 2.42. The van der Waals surface area contributed by atoms with Gasteiger partial charge in [0.15, 0.2) is 11.4 Å². The van der Waals surface area contributed by atoms with E-state index in [2.05, 4.69) is 4.98 Å². The molecular formula is C16H12FN3O2. The summed E-state index contributed by atoms with van der Waals surface area (Å²) in [4.78, 5) is 27.6. The Morgan fingerprint density at radius 1 is 1.23 bits per heavy atom. The van der Waals surface area contributed by atoms with Crippen LogP contribution in [0.25, 0.3) is 16.9 Å². The maximum atomic E-state index is 13.5. The molecule has 0 saturated heterocycles. The lowest BCUT2D eigenvalue weighted by molar-refractivity contribution is 0.0994. The number of rotatable bonds is 3. The van der Waals surface area contributed by atoms with Crippen LogP contribution in [0.5, 0.6) is 0 Å². The van der Waals surface area contributed by atoms with E-state index >= 15 is 0 Å². The molecule has 0 aliphatic rings. The third-order valence-corrected chi connectivity index (χ3v) is 3.35. The Labute approximate surface area is 125 Å². The number of amides is 1. The molecule has 0 saturated carbocycles. The van der Waals surface area contributed by atoms with Gasteiger partial charge in [-0.2, -0.15) is 0 Å². The van der Waals surface area contributed by atoms with E-state index in [1.54, 1.807) is 28.8 Å². The molecule has 3 rings (SSSR count). The van der Waals surface area contributed by atoms with Gasteiger partial charge in [-0.25, -0.2) is 9.37 Å².